The lowest BCUT2D eigenvalue weighted by Gasteiger charge is -2.21. The van der Waals surface area contributed by atoms with Crippen molar-refractivity contribution in [2.24, 2.45) is 5.92 Å². The molecule has 150 valence electrons. The summed E-state index contributed by atoms with van der Waals surface area (Å²) in [6, 6.07) is 8.12. The molecule has 0 aliphatic heterocycles. The SMILES string of the molecule is Cc1ccc(NCC(=O)NNC(=O)C(NC(=O)c2ccco2)C(C)C)c(C)c1. The molecule has 0 saturated heterocycles. The maximum atomic E-state index is 12.4. The molecule has 0 bridgehead atoms. The Labute approximate surface area is 164 Å². The molecule has 0 radical (unpaired) electrons. The summed E-state index contributed by atoms with van der Waals surface area (Å²) < 4.78 is 5.02. The first kappa shape index (κ1) is 21.0. The Morgan fingerprint density at radius 2 is 1.82 bits per heavy atom. The van der Waals surface area contributed by atoms with E-state index in [1.54, 1.807) is 19.9 Å². The third-order valence-electron chi connectivity index (χ3n) is 4.13. The molecule has 8 nitrogen and oxygen atoms in total. The van der Waals surface area contributed by atoms with Crippen molar-refractivity contribution in [3.05, 3.63) is 53.5 Å². The molecule has 1 aromatic carbocycles. The molecular weight excluding hydrogens is 360 g/mol. The fourth-order valence-corrected chi connectivity index (χ4v) is 2.60. The Balaban J connectivity index is 1.84. The lowest BCUT2D eigenvalue weighted by atomic mass is 10.0. The van der Waals surface area contributed by atoms with E-state index >= 15 is 0 Å². The molecule has 2 rings (SSSR count). The molecule has 0 fully saturated rings. The van der Waals surface area contributed by atoms with Gasteiger partial charge in [-0.3, -0.25) is 25.2 Å². The number of hydrazine groups is 1. The molecule has 0 aliphatic carbocycles. The van der Waals surface area contributed by atoms with Crippen LogP contribution < -0.4 is 21.5 Å². The summed E-state index contributed by atoms with van der Waals surface area (Å²) in [6.45, 7) is 7.51. The molecule has 3 amide bonds. The fraction of sp³-hybridized carbons (Fsp3) is 0.350. The van der Waals surface area contributed by atoms with Gasteiger partial charge in [0, 0.05) is 5.69 Å². The van der Waals surface area contributed by atoms with Crippen molar-refractivity contribution in [2.75, 3.05) is 11.9 Å². The predicted octanol–water partition coefficient (Wildman–Crippen LogP) is 1.91. The molecule has 1 atom stereocenters. The molecule has 1 unspecified atom stereocenters. The molecule has 4 N–H and O–H groups in total. The van der Waals surface area contributed by atoms with E-state index in [4.69, 9.17) is 4.42 Å². The maximum Gasteiger partial charge on any atom is 0.287 e. The van der Waals surface area contributed by atoms with E-state index in [0.29, 0.717) is 0 Å². The Kier molecular flexibility index (Phi) is 7.20. The molecule has 1 aromatic heterocycles. The number of anilines is 1. The van der Waals surface area contributed by atoms with Crippen molar-refractivity contribution in [1.29, 1.82) is 0 Å². The van der Waals surface area contributed by atoms with Crippen molar-refractivity contribution < 1.29 is 18.8 Å². The Morgan fingerprint density at radius 3 is 2.43 bits per heavy atom. The van der Waals surface area contributed by atoms with Crippen LogP contribution in [0.15, 0.2) is 41.0 Å². The number of carbonyl (C=O) groups excluding carboxylic acids is 3. The van der Waals surface area contributed by atoms with E-state index in [1.807, 2.05) is 32.0 Å². The minimum Gasteiger partial charge on any atom is -0.459 e. The third kappa shape index (κ3) is 5.87. The van der Waals surface area contributed by atoms with Crippen LogP contribution in [0.3, 0.4) is 0 Å². The first-order valence-corrected chi connectivity index (χ1v) is 9.02. The average Bonchev–Trinajstić information content (AvgIpc) is 3.17. The van der Waals surface area contributed by atoms with Crippen LogP contribution in [0, 0.1) is 19.8 Å². The van der Waals surface area contributed by atoms with E-state index in [9.17, 15) is 14.4 Å². The number of aryl methyl sites for hydroxylation is 2. The summed E-state index contributed by atoms with van der Waals surface area (Å²) in [4.78, 5) is 36.5. The molecule has 0 saturated carbocycles. The maximum absolute atomic E-state index is 12.4. The van der Waals surface area contributed by atoms with Crippen molar-refractivity contribution in [2.45, 2.75) is 33.7 Å². The third-order valence-corrected chi connectivity index (χ3v) is 4.13. The smallest absolute Gasteiger partial charge is 0.287 e. The Bertz CT molecular complexity index is 831. The van der Waals surface area contributed by atoms with Crippen LogP contribution in [-0.2, 0) is 9.59 Å². The lowest BCUT2D eigenvalue weighted by Crippen LogP contribution is -2.55. The number of hydrogen-bond donors (Lipinski definition) is 4. The van der Waals surface area contributed by atoms with Gasteiger partial charge in [0.2, 0.25) is 0 Å². The number of rotatable bonds is 7. The van der Waals surface area contributed by atoms with E-state index in [2.05, 4.69) is 21.5 Å². The number of amides is 3. The van der Waals surface area contributed by atoms with Crippen molar-refractivity contribution in [3.8, 4) is 0 Å². The van der Waals surface area contributed by atoms with Gasteiger partial charge in [-0.05, 0) is 43.5 Å². The highest BCUT2D eigenvalue weighted by Gasteiger charge is 2.25. The summed E-state index contributed by atoms with van der Waals surface area (Å²) in [6.07, 6.45) is 1.38. The second-order valence-electron chi connectivity index (χ2n) is 6.88. The second kappa shape index (κ2) is 9.59. The van der Waals surface area contributed by atoms with Gasteiger partial charge in [0.1, 0.15) is 6.04 Å². The normalized spacial score (nSPS) is 11.6. The van der Waals surface area contributed by atoms with Crippen LogP contribution >= 0.6 is 0 Å². The van der Waals surface area contributed by atoms with Gasteiger partial charge in [0.15, 0.2) is 5.76 Å². The summed E-state index contributed by atoms with van der Waals surface area (Å²) in [7, 11) is 0. The van der Waals surface area contributed by atoms with Gasteiger partial charge < -0.3 is 15.1 Å². The van der Waals surface area contributed by atoms with Gasteiger partial charge in [-0.15, -0.1) is 0 Å². The fourth-order valence-electron chi connectivity index (χ4n) is 2.60. The molecule has 0 aliphatic rings. The van der Waals surface area contributed by atoms with Crippen LogP contribution in [0.5, 0.6) is 0 Å². The summed E-state index contributed by atoms with van der Waals surface area (Å²) in [5.74, 6) is -1.51. The highest BCUT2D eigenvalue weighted by Crippen LogP contribution is 2.15. The van der Waals surface area contributed by atoms with Crippen molar-refractivity contribution in [3.63, 3.8) is 0 Å². The van der Waals surface area contributed by atoms with Crippen LogP contribution in [-0.4, -0.2) is 30.3 Å². The molecule has 2 aromatic rings. The van der Waals surface area contributed by atoms with E-state index in [1.165, 1.54) is 12.3 Å². The standard InChI is InChI=1S/C20H26N4O4/c1-12(2)18(22-19(26)16-6-5-9-28-16)20(27)24-23-17(25)11-21-15-8-7-13(3)10-14(15)4/h5-10,12,18,21H,11H2,1-4H3,(H,22,26)(H,23,25)(H,24,27). The van der Waals surface area contributed by atoms with Gasteiger partial charge in [0.25, 0.3) is 17.7 Å². The topological polar surface area (TPSA) is 112 Å². The predicted molar refractivity (Wildman–Crippen MR) is 105 cm³/mol. The van der Waals surface area contributed by atoms with Gasteiger partial charge in [0.05, 0.1) is 12.8 Å². The van der Waals surface area contributed by atoms with Crippen LogP contribution in [0.25, 0.3) is 0 Å². The zero-order valence-corrected chi connectivity index (χ0v) is 16.5. The lowest BCUT2D eigenvalue weighted by molar-refractivity contribution is -0.129. The van der Waals surface area contributed by atoms with E-state index in [-0.39, 0.29) is 18.2 Å². The van der Waals surface area contributed by atoms with Gasteiger partial charge in [-0.25, -0.2) is 0 Å². The minimum absolute atomic E-state index is 0.00468. The Hall–Kier alpha value is -3.29. The molecule has 1 heterocycles. The first-order chi connectivity index (χ1) is 13.3. The highest BCUT2D eigenvalue weighted by molar-refractivity contribution is 5.96. The summed E-state index contributed by atoms with van der Waals surface area (Å²) >= 11 is 0. The molecule has 28 heavy (non-hydrogen) atoms. The quantitative estimate of drug-likeness (QED) is 0.543. The largest absolute Gasteiger partial charge is 0.459 e. The van der Waals surface area contributed by atoms with Crippen LogP contribution in [0.4, 0.5) is 5.69 Å². The molecule has 8 heteroatoms. The zero-order chi connectivity index (χ0) is 20.7. The molecule has 0 spiro atoms. The number of nitrogens with one attached hydrogen (secondary N) is 4. The monoisotopic (exact) mass is 386 g/mol. The van der Waals surface area contributed by atoms with Crippen LogP contribution in [0.2, 0.25) is 0 Å². The number of carbonyl (C=O) groups is 3. The van der Waals surface area contributed by atoms with Crippen LogP contribution in [0.1, 0.15) is 35.5 Å². The molecular formula is C20H26N4O4. The first-order valence-electron chi connectivity index (χ1n) is 9.02. The van der Waals surface area contributed by atoms with Gasteiger partial charge in [-0.2, -0.15) is 0 Å². The van der Waals surface area contributed by atoms with Gasteiger partial charge in [-0.1, -0.05) is 31.5 Å². The van der Waals surface area contributed by atoms with Gasteiger partial charge >= 0.3 is 0 Å². The van der Waals surface area contributed by atoms with Crippen molar-refractivity contribution in [1.82, 2.24) is 16.2 Å². The van der Waals surface area contributed by atoms with E-state index < -0.39 is 23.8 Å². The Morgan fingerprint density at radius 1 is 1.07 bits per heavy atom. The average molecular weight is 386 g/mol. The van der Waals surface area contributed by atoms with E-state index in [0.717, 1.165) is 16.8 Å². The van der Waals surface area contributed by atoms with Crippen molar-refractivity contribution >= 4 is 23.4 Å². The number of benzene rings is 1. The number of hydrogen-bond acceptors (Lipinski definition) is 5. The summed E-state index contributed by atoms with van der Waals surface area (Å²) in [5.41, 5.74) is 7.71. The zero-order valence-electron chi connectivity index (χ0n) is 16.5. The summed E-state index contributed by atoms with van der Waals surface area (Å²) in [5, 5.41) is 5.62. The number of furan rings is 1. The second-order valence-corrected chi connectivity index (χ2v) is 6.88. The highest BCUT2D eigenvalue weighted by atomic mass is 16.3. The minimum atomic E-state index is -0.829.